The van der Waals surface area contributed by atoms with Crippen LogP contribution in [0, 0.1) is 0 Å². The summed E-state index contributed by atoms with van der Waals surface area (Å²) in [6, 6.07) is 17.0. The first-order chi connectivity index (χ1) is 21.8. The molecular formula is C36H42N4O4S2. The molecule has 0 saturated carbocycles. The van der Waals surface area contributed by atoms with Gasteiger partial charge in [-0.15, -0.1) is 22.7 Å². The van der Waals surface area contributed by atoms with Gasteiger partial charge in [0.1, 0.15) is 21.2 Å². The molecule has 0 unspecified atom stereocenters. The monoisotopic (exact) mass is 658 g/mol. The van der Waals surface area contributed by atoms with Crippen molar-refractivity contribution in [1.82, 2.24) is 19.8 Å². The highest BCUT2D eigenvalue weighted by atomic mass is 32.1. The predicted molar refractivity (Wildman–Crippen MR) is 184 cm³/mol. The van der Waals surface area contributed by atoms with E-state index in [2.05, 4.69) is 48.5 Å². The van der Waals surface area contributed by atoms with E-state index in [9.17, 15) is 9.59 Å². The van der Waals surface area contributed by atoms with Crippen LogP contribution >= 0.6 is 22.7 Å². The maximum absolute atomic E-state index is 12.8. The van der Waals surface area contributed by atoms with E-state index in [1.165, 1.54) is 0 Å². The summed E-state index contributed by atoms with van der Waals surface area (Å²) in [7, 11) is 0. The van der Waals surface area contributed by atoms with Crippen LogP contribution in [0.25, 0.3) is 32.0 Å². The summed E-state index contributed by atoms with van der Waals surface area (Å²) in [5, 5.41) is 1.91. The summed E-state index contributed by atoms with van der Waals surface area (Å²) in [4.78, 5) is 40.8. The highest BCUT2D eigenvalue weighted by Gasteiger charge is 2.36. The molecule has 6 rings (SSSR count). The Morgan fingerprint density at radius 1 is 0.630 bits per heavy atom. The first-order valence-corrected chi connectivity index (χ1v) is 17.6. The largest absolute Gasteiger partial charge is 0.444 e. The third-order valence-corrected chi connectivity index (χ3v) is 10.3. The lowest BCUT2D eigenvalue weighted by Crippen LogP contribution is -2.36. The van der Waals surface area contributed by atoms with Gasteiger partial charge in [0, 0.05) is 25.5 Å². The van der Waals surface area contributed by atoms with E-state index < -0.39 is 11.2 Å². The SMILES string of the molecule is CC(C)(C)OC(=O)N1CCC[C@H]1c1ncc(-c2ccc(-c3ccc(-c4cnc([C@@H]5CCCN5C(=O)OC(C)(C)C)s4)cc3)cc2)s1. The average Bonchev–Trinajstić information content (AvgIpc) is 3.82. The number of thiazole rings is 2. The lowest BCUT2D eigenvalue weighted by Gasteiger charge is -2.27. The fourth-order valence-corrected chi connectivity index (χ4v) is 8.07. The van der Waals surface area contributed by atoms with Gasteiger partial charge in [0.2, 0.25) is 0 Å². The van der Waals surface area contributed by atoms with E-state index in [1.54, 1.807) is 22.7 Å². The van der Waals surface area contributed by atoms with Gasteiger partial charge in [-0.2, -0.15) is 0 Å². The van der Waals surface area contributed by atoms with Crippen molar-refractivity contribution in [2.45, 2.75) is 90.5 Å². The zero-order valence-corrected chi connectivity index (χ0v) is 29.0. The van der Waals surface area contributed by atoms with Crippen molar-refractivity contribution < 1.29 is 19.1 Å². The van der Waals surface area contributed by atoms with Crippen LogP contribution < -0.4 is 0 Å². The van der Waals surface area contributed by atoms with Crippen LogP contribution in [-0.2, 0) is 9.47 Å². The van der Waals surface area contributed by atoms with Gasteiger partial charge in [-0.3, -0.25) is 9.80 Å². The van der Waals surface area contributed by atoms with E-state index in [1.807, 2.05) is 63.7 Å². The van der Waals surface area contributed by atoms with Crippen molar-refractivity contribution in [2.24, 2.45) is 0 Å². The molecule has 2 amide bonds. The van der Waals surface area contributed by atoms with Crippen molar-refractivity contribution in [2.75, 3.05) is 13.1 Å². The van der Waals surface area contributed by atoms with Crippen LogP contribution in [0.5, 0.6) is 0 Å². The molecule has 2 fully saturated rings. The molecule has 2 aromatic heterocycles. The maximum atomic E-state index is 12.8. The molecule has 2 aliphatic heterocycles. The number of nitrogens with zero attached hydrogens (tertiary/aromatic N) is 4. The Hall–Kier alpha value is -3.76. The molecule has 0 bridgehead atoms. The summed E-state index contributed by atoms with van der Waals surface area (Å²) in [5.74, 6) is 0. The molecule has 0 spiro atoms. The fourth-order valence-electron chi connectivity index (χ4n) is 5.93. The van der Waals surface area contributed by atoms with E-state index in [-0.39, 0.29) is 24.3 Å². The Labute approximate surface area is 279 Å². The Kier molecular flexibility index (Phi) is 8.95. The lowest BCUT2D eigenvalue weighted by atomic mass is 10.0. The highest BCUT2D eigenvalue weighted by Crippen LogP contribution is 2.40. The molecule has 2 saturated heterocycles. The minimum atomic E-state index is -0.521. The number of amides is 2. The number of aromatic nitrogens is 2. The molecular weight excluding hydrogens is 617 g/mol. The number of hydrogen-bond acceptors (Lipinski definition) is 8. The zero-order valence-electron chi connectivity index (χ0n) is 27.4. The second-order valence-corrected chi connectivity index (χ2v) is 16.1. The third kappa shape index (κ3) is 7.28. The highest BCUT2D eigenvalue weighted by molar-refractivity contribution is 7.15. The summed E-state index contributed by atoms with van der Waals surface area (Å²) in [6.45, 7) is 12.8. The molecule has 0 aliphatic carbocycles. The Morgan fingerprint density at radius 3 is 1.33 bits per heavy atom. The van der Waals surface area contributed by atoms with Gasteiger partial charge in [0.15, 0.2) is 0 Å². The van der Waals surface area contributed by atoms with Gasteiger partial charge in [-0.05, 0) is 89.5 Å². The fraction of sp³-hybridized carbons (Fsp3) is 0.444. The van der Waals surface area contributed by atoms with E-state index in [4.69, 9.17) is 19.4 Å². The number of hydrogen-bond donors (Lipinski definition) is 0. The molecule has 2 atom stereocenters. The normalized spacial score (nSPS) is 18.7. The van der Waals surface area contributed by atoms with Gasteiger partial charge in [0.25, 0.3) is 0 Å². The summed E-state index contributed by atoms with van der Waals surface area (Å²) < 4.78 is 11.3. The number of rotatable bonds is 5. The van der Waals surface area contributed by atoms with Gasteiger partial charge >= 0.3 is 12.2 Å². The van der Waals surface area contributed by atoms with Crippen molar-refractivity contribution in [3.05, 3.63) is 70.9 Å². The zero-order chi connectivity index (χ0) is 32.6. The first kappa shape index (κ1) is 32.2. The van der Waals surface area contributed by atoms with Crippen molar-refractivity contribution in [1.29, 1.82) is 0 Å². The smallest absolute Gasteiger partial charge is 0.410 e. The van der Waals surface area contributed by atoms with Crippen LogP contribution in [0.15, 0.2) is 60.9 Å². The van der Waals surface area contributed by atoms with Crippen LogP contribution in [0.3, 0.4) is 0 Å². The average molecular weight is 659 g/mol. The standard InChI is InChI=1S/C36H42N4O4S2/c1-35(2,3)43-33(41)39-19-7-9-27(39)31-37-21-29(45-31)25-15-11-23(12-16-25)24-13-17-26(18-14-24)30-22-38-32(46-30)28-10-8-20-40(28)34(42)44-36(4,5)6/h11-18,21-22,27-28H,7-10,19-20H2,1-6H3/t27-,28-/m0/s1. The topological polar surface area (TPSA) is 84.9 Å². The first-order valence-electron chi connectivity index (χ1n) is 16.0. The van der Waals surface area contributed by atoms with Gasteiger partial charge < -0.3 is 9.47 Å². The predicted octanol–water partition coefficient (Wildman–Crippen LogP) is 9.74. The molecule has 8 nitrogen and oxygen atoms in total. The minimum Gasteiger partial charge on any atom is -0.444 e. The van der Waals surface area contributed by atoms with E-state index >= 15 is 0 Å². The molecule has 242 valence electrons. The van der Waals surface area contributed by atoms with Gasteiger partial charge in [-0.25, -0.2) is 19.6 Å². The Morgan fingerprint density at radius 2 is 0.978 bits per heavy atom. The summed E-state index contributed by atoms with van der Waals surface area (Å²) in [6.07, 6.45) is 6.99. The Balaban J connectivity index is 1.11. The molecule has 0 N–H and O–H groups in total. The maximum Gasteiger partial charge on any atom is 0.410 e. The van der Waals surface area contributed by atoms with Crippen molar-refractivity contribution in [3.63, 3.8) is 0 Å². The van der Waals surface area contributed by atoms with Crippen LogP contribution in [0.1, 0.15) is 89.3 Å². The number of ether oxygens (including phenoxy) is 2. The van der Waals surface area contributed by atoms with Gasteiger partial charge in [0.05, 0.1) is 21.8 Å². The van der Waals surface area contributed by atoms with Gasteiger partial charge in [-0.1, -0.05) is 48.5 Å². The van der Waals surface area contributed by atoms with E-state index in [0.717, 1.165) is 67.7 Å². The minimum absolute atomic E-state index is 0.0388. The summed E-state index contributed by atoms with van der Waals surface area (Å²) in [5.41, 5.74) is 3.44. The number of carbonyl (C=O) groups excluding carboxylic acids is 2. The quantitative estimate of drug-likeness (QED) is 0.212. The molecule has 46 heavy (non-hydrogen) atoms. The number of carbonyl (C=O) groups is 2. The second kappa shape index (κ2) is 12.8. The molecule has 0 radical (unpaired) electrons. The molecule has 4 aromatic rings. The summed E-state index contributed by atoms with van der Waals surface area (Å²) >= 11 is 3.29. The van der Waals surface area contributed by atoms with Crippen molar-refractivity contribution >= 4 is 34.9 Å². The Bertz CT molecular complexity index is 1560. The third-order valence-electron chi connectivity index (χ3n) is 8.05. The number of benzene rings is 2. The number of likely N-dealkylation sites (tertiary alicyclic amines) is 2. The van der Waals surface area contributed by atoms with Crippen LogP contribution in [0.2, 0.25) is 0 Å². The second-order valence-electron chi connectivity index (χ2n) is 13.9. The van der Waals surface area contributed by atoms with Crippen LogP contribution in [0.4, 0.5) is 9.59 Å². The lowest BCUT2D eigenvalue weighted by molar-refractivity contribution is 0.0213. The van der Waals surface area contributed by atoms with Crippen LogP contribution in [-0.4, -0.2) is 56.2 Å². The molecule has 2 aliphatic rings. The molecule has 4 heterocycles. The molecule has 2 aromatic carbocycles. The molecule has 10 heteroatoms. The van der Waals surface area contributed by atoms with E-state index in [0.29, 0.717) is 13.1 Å². The van der Waals surface area contributed by atoms with Crippen molar-refractivity contribution in [3.8, 4) is 32.0 Å².